The highest BCUT2D eigenvalue weighted by molar-refractivity contribution is 5.97. The Morgan fingerprint density at radius 3 is 2.54 bits per heavy atom. The van der Waals surface area contributed by atoms with Gasteiger partial charge in [0.25, 0.3) is 5.91 Å². The van der Waals surface area contributed by atoms with Gasteiger partial charge in [-0.1, -0.05) is 18.2 Å². The number of carbonyl (C=O) groups is 2. The van der Waals surface area contributed by atoms with Crippen LogP contribution >= 0.6 is 0 Å². The molecule has 2 fully saturated rings. The van der Waals surface area contributed by atoms with E-state index in [0.717, 1.165) is 45.0 Å². The van der Waals surface area contributed by atoms with Crippen LogP contribution in [0, 0.1) is 5.92 Å². The van der Waals surface area contributed by atoms with Crippen LogP contribution in [-0.4, -0.2) is 61.0 Å². The van der Waals surface area contributed by atoms with E-state index in [2.05, 4.69) is 14.8 Å². The predicted octanol–water partition coefficient (Wildman–Crippen LogP) is 1.36. The maximum absolute atomic E-state index is 12.4. The van der Waals surface area contributed by atoms with Crippen LogP contribution in [0.2, 0.25) is 0 Å². The van der Waals surface area contributed by atoms with E-state index < -0.39 is 5.91 Å². The van der Waals surface area contributed by atoms with Gasteiger partial charge in [0, 0.05) is 57.6 Å². The van der Waals surface area contributed by atoms with Gasteiger partial charge in [0.15, 0.2) is 0 Å². The number of pyridine rings is 1. The first-order chi connectivity index (χ1) is 13.6. The average Bonchev–Trinajstić information content (AvgIpc) is 3.09. The number of carbonyl (C=O) groups excluding carboxylic acids is 2. The lowest BCUT2D eigenvalue weighted by Crippen LogP contribution is -2.48. The number of aromatic nitrogens is 1. The molecule has 2 aromatic rings. The van der Waals surface area contributed by atoms with Gasteiger partial charge in [0.05, 0.1) is 5.56 Å². The van der Waals surface area contributed by atoms with Crippen LogP contribution in [0.1, 0.15) is 16.8 Å². The van der Waals surface area contributed by atoms with E-state index in [1.54, 1.807) is 18.3 Å². The molecule has 2 aliphatic heterocycles. The molecular weight excluding hydrogens is 354 g/mol. The summed E-state index contributed by atoms with van der Waals surface area (Å²) in [7, 11) is 0. The molecular formula is C21H25N5O2. The Labute approximate surface area is 164 Å². The van der Waals surface area contributed by atoms with E-state index in [1.807, 2.05) is 35.2 Å². The molecule has 0 spiro atoms. The normalized spacial score (nSPS) is 20.6. The van der Waals surface area contributed by atoms with Crippen LogP contribution in [0.5, 0.6) is 0 Å². The van der Waals surface area contributed by atoms with Gasteiger partial charge in [-0.15, -0.1) is 0 Å². The lowest BCUT2D eigenvalue weighted by molar-refractivity contribution is -0.117. The number of hydrogen-bond acceptors (Lipinski definition) is 5. The fourth-order valence-electron chi connectivity index (χ4n) is 4.11. The molecule has 2 amide bonds. The average molecular weight is 379 g/mol. The maximum atomic E-state index is 12.4. The molecule has 28 heavy (non-hydrogen) atoms. The first-order valence-electron chi connectivity index (χ1n) is 9.69. The number of nitrogens with zero attached hydrogens (tertiary/aromatic N) is 4. The number of amides is 2. The minimum atomic E-state index is -0.448. The minimum absolute atomic E-state index is 0.203. The van der Waals surface area contributed by atoms with Crippen molar-refractivity contribution in [3.63, 3.8) is 0 Å². The predicted molar refractivity (Wildman–Crippen MR) is 108 cm³/mol. The highest BCUT2D eigenvalue weighted by Gasteiger charge is 2.32. The molecule has 4 rings (SSSR count). The van der Waals surface area contributed by atoms with Crippen LogP contribution in [0.3, 0.4) is 0 Å². The Morgan fingerprint density at radius 2 is 1.82 bits per heavy atom. The van der Waals surface area contributed by atoms with Crippen LogP contribution in [0.25, 0.3) is 0 Å². The largest absolute Gasteiger partial charge is 0.365 e. The molecule has 7 nitrogen and oxygen atoms in total. The summed E-state index contributed by atoms with van der Waals surface area (Å²) in [6, 6.07) is 13.3. The topological polar surface area (TPSA) is 82.8 Å². The van der Waals surface area contributed by atoms with Crippen molar-refractivity contribution in [2.75, 3.05) is 49.1 Å². The number of piperazine rings is 1. The summed E-state index contributed by atoms with van der Waals surface area (Å²) in [5.74, 6) is 0.765. The summed E-state index contributed by atoms with van der Waals surface area (Å²) in [5, 5.41) is 0. The monoisotopic (exact) mass is 379 g/mol. The fourth-order valence-corrected chi connectivity index (χ4v) is 4.11. The van der Waals surface area contributed by atoms with Crippen molar-refractivity contribution in [1.29, 1.82) is 0 Å². The maximum Gasteiger partial charge on any atom is 0.252 e. The van der Waals surface area contributed by atoms with Crippen molar-refractivity contribution in [3.05, 3.63) is 54.2 Å². The number of anilines is 2. The van der Waals surface area contributed by atoms with Crippen LogP contribution < -0.4 is 15.5 Å². The van der Waals surface area contributed by atoms with Gasteiger partial charge in [0.1, 0.15) is 5.82 Å². The molecule has 3 heterocycles. The van der Waals surface area contributed by atoms with Crippen molar-refractivity contribution in [3.8, 4) is 0 Å². The van der Waals surface area contributed by atoms with E-state index in [9.17, 15) is 9.59 Å². The zero-order valence-corrected chi connectivity index (χ0v) is 15.8. The van der Waals surface area contributed by atoms with E-state index in [1.165, 1.54) is 0 Å². The highest BCUT2D eigenvalue weighted by atomic mass is 16.2. The van der Waals surface area contributed by atoms with E-state index in [4.69, 9.17) is 5.73 Å². The molecule has 2 saturated heterocycles. The summed E-state index contributed by atoms with van der Waals surface area (Å²) in [4.78, 5) is 34.8. The summed E-state index contributed by atoms with van der Waals surface area (Å²) in [5.41, 5.74) is 6.93. The van der Waals surface area contributed by atoms with Crippen molar-refractivity contribution in [2.24, 2.45) is 11.7 Å². The second kappa shape index (κ2) is 7.98. The highest BCUT2D eigenvalue weighted by Crippen LogP contribution is 2.26. The van der Waals surface area contributed by atoms with Crippen LogP contribution in [0.4, 0.5) is 11.5 Å². The Balaban J connectivity index is 1.33. The van der Waals surface area contributed by atoms with Gasteiger partial charge in [-0.25, -0.2) is 4.98 Å². The van der Waals surface area contributed by atoms with Gasteiger partial charge in [-0.05, 0) is 30.2 Å². The molecule has 0 saturated carbocycles. The third kappa shape index (κ3) is 3.84. The van der Waals surface area contributed by atoms with E-state index in [-0.39, 0.29) is 5.91 Å². The summed E-state index contributed by atoms with van der Waals surface area (Å²) >= 11 is 0. The number of benzene rings is 1. The molecule has 146 valence electrons. The van der Waals surface area contributed by atoms with E-state index in [0.29, 0.717) is 23.7 Å². The Bertz CT molecular complexity index is 849. The minimum Gasteiger partial charge on any atom is -0.365 e. The molecule has 0 aliphatic carbocycles. The number of primary amides is 1. The molecule has 2 aliphatic rings. The van der Waals surface area contributed by atoms with Crippen molar-refractivity contribution in [2.45, 2.75) is 6.42 Å². The number of rotatable bonds is 5. The molecule has 0 unspecified atom stereocenters. The summed E-state index contributed by atoms with van der Waals surface area (Å²) < 4.78 is 0. The number of hydrogen-bond donors (Lipinski definition) is 1. The van der Waals surface area contributed by atoms with E-state index >= 15 is 0 Å². The zero-order chi connectivity index (χ0) is 19.5. The molecule has 1 atom stereocenters. The third-order valence-corrected chi connectivity index (χ3v) is 5.51. The standard InChI is InChI=1S/C21H25N5O2/c22-20(28)18-7-4-8-23-21(18)25-11-9-24(10-12-25)14-16-13-19(27)26(15-16)17-5-2-1-3-6-17/h1-8,16H,9-15H2,(H2,22,28)/t16-/m0/s1. The Kier molecular flexibility index (Phi) is 5.25. The van der Waals surface area contributed by atoms with Gasteiger partial charge < -0.3 is 15.5 Å². The molecule has 7 heteroatoms. The molecule has 0 bridgehead atoms. The van der Waals surface area contributed by atoms with Gasteiger partial charge in [0.2, 0.25) is 5.91 Å². The Morgan fingerprint density at radius 1 is 1.07 bits per heavy atom. The van der Waals surface area contributed by atoms with Crippen LogP contribution in [-0.2, 0) is 4.79 Å². The first kappa shape index (κ1) is 18.4. The first-order valence-corrected chi connectivity index (χ1v) is 9.69. The second-order valence-corrected chi connectivity index (χ2v) is 7.44. The van der Waals surface area contributed by atoms with Gasteiger partial charge >= 0.3 is 0 Å². The zero-order valence-electron chi connectivity index (χ0n) is 15.8. The smallest absolute Gasteiger partial charge is 0.252 e. The molecule has 1 aromatic carbocycles. The number of para-hydroxylation sites is 1. The SMILES string of the molecule is NC(=O)c1cccnc1N1CCN(C[C@@H]2CC(=O)N(c3ccccc3)C2)CC1. The van der Waals surface area contributed by atoms with Crippen LogP contribution in [0.15, 0.2) is 48.7 Å². The lowest BCUT2D eigenvalue weighted by Gasteiger charge is -2.36. The summed E-state index contributed by atoms with van der Waals surface area (Å²) in [6.07, 6.45) is 2.29. The van der Waals surface area contributed by atoms with Crippen molar-refractivity contribution >= 4 is 23.3 Å². The third-order valence-electron chi connectivity index (χ3n) is 5.51. The quantitative estimate of drug-likeness (QED) is 0.848. The van der Waals surface area contributed by atoms with Gasteiger partial charge in [-0.2, -0.15) is 0 Å². The Hall–Kier alpha value is -2.93. The van der Waals surface area contributed by atoms with Crippen molar-refractivity contribution in [1.82, 2.24) is 9.88 Å². The van der Waals surface area contributed by atoms with Crippen molar-refractivity contribution < 1.29 is 9.59 Å². The number of nitrogens with two attached hydrogens (primary N) is 1. The molecule has 2 N–H and O–H groups in total. The molecule has 1 aromatic heterocycles. The molecule has 0 radical (unpaired) electrons. The van der Waals surface area contributed by atoms with Gasteiger partial charge in [-0.3, -0.25) is 14.5 Å². The second-order valence-electron chi connectivity index (χ2n) is 7.44. The lowest BCUT2D eigenvalue weighted by atomic mass is 10.1. The summed E-state index contributed by atoms with van der Waals surface area (Å²) in [6.45, 7) is 5.03. The fraction of sp³-hybridized carbons (Fsp3) is 0.381.